The van der Waals surface area contributed by atoms with Gasteiger partial charge in [-0.3, -0.25) is 0 Å². The van der Waals surface area contributed by atoms with Crippen molar-refractivity contribution in [1.82, 2.24) is 0 Å². The van der Waals surface area contributed by atoms with Gasteiger partial charge >= 0.3 is 0 Å². The monoisotopic (exact) mass is 246 g/mol. The first-order valence-electron chi connectivity index (χ1n) is 6.73. The normalized spacial score (nSPS) is 41.3. The lowest BCUT2D eigenvalue weighted by atomic mass is 9.54. The predicted octanol–water partition coefficient (Wildman–Crippen LogP) is 1.05. The van der Waals surface area contributed by atoms with E-state index in [1.54, 1.807) is 0 Å². The van der Waals surface area contributed by atoms with Crippen molar-refractivity contribution in [3.8, 4) is 11.8 Å². The molecule has 0 radical (unpaired) electrons. The number of unbranched alkanes of at least 4 members (excludes halogenated alkanes) is 1. The van der Waals surface area contributed by atoms with Crippen molar-refractivity contribution in [2.45, 2.75) is 43.8 Å². The molecule has 3 aliphatic carbocycles. The van der Waals surface area contributed by atoms with Gasteiger partial charge in [-0.1, -0.05) is 23.5 Å². The fraction of sp³-hybridized carbons (Fsp3) is 0.667. The van der Waals surface area contributed by atoms with Crippen LogP contribution in [0.1, 0.15) is 32.1 Å². The van der Waals surface area contributed by atoms with Gasteiger partial charge in [0.25, 0.3) is 0 Å². The Hall–Kier alpha value is -1.11. The van der Waals surface area contributed by atoms with Gasteiger partial charge < -0.3 is 15.0 Å². The highest BCUT2D eigenvalue weighted by atomic mass is 16.3. The third-order valence-electron chi connectivity index (χ3n) is 4.67. The molecule has 0 bridgehead atoms. The van der Waals surface area contributed by atoms with Crippen LogP contribution in [0.15, 0.2) is 11.6 Å². The summed E-state index contributed by atoms with van der Waals surface area (Å²) in [5.41, 5.74) is 0.347. The molecule has 3 nitrogen and oxygen atoms in total. The second kappa shape index (κ2) is 4.22. The molecule has 3 heteroatoms. The molecule has 0 unspecified atom stereocenters. The summed E-state index contributed by atoms with van der Waals surface area (Å²) in [4.78, 5) is 10.3. The van der Waals surface area contributed by atoms with Crippen molar-refractivity contribution in [2.24, 2.45) is 17.8 Å². The van der Waals surface area contributed by atoms with Gasteiger partial charge in [-0.25, -0.2) is 0 Å². The van der Waals surface area contributed by atoms with Crippen LogP contribution in [0.2, 0.25) is 0 Å². The maximum Gasteiger partial charge on any atom is 0.193 e. The highest BCUT2D eigenvalue weighted by Crippen LogP contribution is 2.55. The number of hydrogen-bond acceptors (Lipinski definition) is 3. The van der Waals surface area contributed by atoms with Crippen LogP contribution in [0.3, 0.4) is 0 Å². The van der Waals surface area contributed by atoms with Gasteiger partial charge in [-0.2, -0.15) is 0 Å². The smallest absolute Gasteiger partial charge is 0.193 e. The highest BCUT2D eigenvalue weighted by molar-refractivity contribution is 5.50. The summed E-state index contributed by atoms with van der Waals surface area (Å²) >= 11 is 0. The zero-order chi connectivity index (χ0) is 12.8. The van der Waals surface area contributed by atoms with Gasteiger partial charge in [0.05, 0.1) is 6.10 Å². The zero-order valence-corrected chi connectivity index (χ0v) is 10.3. The first-order chi connectivity index (χ1) is 8.65. The van der Waals surface area contributed by atoms with Crippen molar-refractivity contribution in [2.75, 3.05) is 0 Å². The minimum Gasteiger partial charge on any atom is -0.393 e. The van der Waals surface area contributed by atoms with E-state index in [0.717, 1.165) is 32.0 Å². The Bertz CT molecular complexity index is 446. The van der Waals surface area contributed by atoms with Crippen molar-refractivity contribution in [3.63, 3.8) is 0 Å². The average molecular weight is 246 g/mol. The van der Waals surface area contributed by atoms with Crippen molar-refractivity contribution in [3.05, 3.63) is 11.6 Å². The van der Waals surface area contributed by atoms with Crippen LogP contribution in [0.4, 0.5) is 0 Å². The van der Waals surface area contributed by atoms with Gasteiger partial charge in [-0.15, -0.1) is 0 Å². The van der Waals surface area contributed by atoms with E-state index >= 15 is 0 Å². The van der Waals surface area contributed by atoms with E-state index in [9.17, 15) is 15.0 Å². The van der Waals surface area contributed by atoms with E-state index in [0.29, 0.717) is 18.3 Å². The largest absolute Gasteiger partial charge is 0.393 e. The zero-order valence-electron chi connectivity index (χ0n) is 10.3. The van der Waals surface area contributed by atoms with E-state index in [2.05, 4.69) is 17.9 Å². The molecule has 3 rings (SSSR count). The summed E-state index contributed by atoms with van der Waals surface area (Å²) in [6.07, 6.45) is 6.75. The van der Waals surface area contributed by atoms with Crippen LogP contribution >= 0.6 is 0 Å². The second-order valence-corrected chi connectivity index (χ2v) is 5.68. The number of hydrogen-bond donors (Lipinski definition) is 2. The summed E-state index contributed by atoms with van der Waals surface area (Å²) in [5, 5.41) is 20.2. The first kappa shape index (κ1) is 12.0. The molecular weight excluding hydrogens is 228 g/mol. The van der Waals surface area contributed by atoms with Crippen LogP contribution < -0.4 is 0 Å². The lowest BCUT2D eigenvalue weighted by Gasteiger charge is -2.51. The van der Waals surface area contributed by atoms with E-state index in [1.807, 2.05) is 0 Å². The molecule has 0 aromatic rings. The Morgan fingerprint density at radius 1 is 1.33 bits per heavy atom. The minimum atomic E-state index is -1.06. The van der Waals surface area contributed by atoms with Gasteiger partial charge in [-0.05, 0) is 37.5 Å². The van der Waals surface area contributed by atoms with E-state index < -0.39 is 11.7 Å². The lowest BCUT2D eigenvalue weighted by molar-refractivity contribution is -0.107. The SMILES string of the molecule is O=CCC/C=C1/C[C@@H]2[C@H](C3(O)C#C3)[C@H](O)CC[C@H]12. The van der Waals surface area contributed by atoms with Gasteiger partial charge in [0.15, 0.2) is 5.60 Å². The Kier molecular flexibility index (Phi) is 2.80. The molecule has 4 atom stereocenters. The molecule has 2 saturated carbocycles. The van der Waals surface area contributed by atoms with Crippen LogP contribution in [0, 0.1) is 29.6 Å². The lowest BCUT2D eigenvalue weighted by Crippen LogP contribution is -2.52. The maximum absolute atomic E-state index is 10.3. The van der Waals surface area contributed by atoms with Crippen LogP contribution in [-0.2, 0) is 4.79 Å². The number of aliphatic hydroxyl groups excluding tert-OH is 1. The summed E-state index contributed by atoms with van der Waals surface area (Å²) in [7, 11) is 0. The molecule has 0 amide bonds. The molecular formula is C15H18O3. The third kappa shape index (κ3) is 1.81. The standard InChI is InChI=1S/C15H18O3/c16-8-2-1-3-10-9-12-11(10)4-5-13(17)14(12)15(18)6-7-15/h3,8,11-14,17-18H,1-2,4-5,9H2/b10-3-/t11-,12+,13-,14+/m1/s1. The Morgan fingerprint density at radius 2 is 2.11 bits per heavy atom. The number of aldehydes is 1. The summed E-state index contributed by atoms with van der Waals surface area (Å²) in [6, 6.07) is 0. The Labute approximate surface area is 107 Å². The van der Waals surface area contributed by atoms with E-state index in [-0.39, 0.29) is 5.92 Å². The summed E-state index contributed by atoms with van der Waals surface area (Å²) in [5.74, 6) is 6.20. The molecule has 18 heavy (non-hydrogen) atoms. The van der Waals surface area contributed by atoms with Crippen LogP contribution in [0.25, 0.3) is 0 Å². The molecule has 0 heterocycles. The molecule has 2 fully saturated rings. The topological polar surface area (TPSA) is 57.5 Å². The molecule has 0 spiro atoms. The fourth-order valence-electron chi connectivity index (χ4n) is 3.66. The van der Waals surface area contributed by atoms with Crippen molar-refractivity contribution < 1.29 is 15.0 Å². The number of aliphatic hydroxyl groups is 2. The fourth-order valence-corrected chi connectivity index (χ4v) is 3.66. The van der Waals surface area contributed by atoms with Gasteiger partial charge in [0.1, 0.15) is 6.29 Å². The van der Waals surface area contributed by atoms with Crippen molar-refractivity contribution >= 4 is 6.29 Å². The molecule has 0 saturated heterocycles. The molecule has 96 valence electrons. The minimum absolute atomic E-state index is 0.125. The summed E-state index contributed by atoms with van der Waals surface area (Å²) < 4.78 is 0. The number of fused-ring (bicyclic) bond motifs is 1. The summed E-state index contributed by atoms with van der Waals surface area (Å²) in [6.45, 7) is 0. The highest BCUT2D eigenvalue weighted by Gasteiger charge is 2.56. The van der Waals surface area contributed by atoms with Gasteiger partial charge in [0.2, 0.25) is 0 Å². The Morgan fingerprint density at radius 3 is 2.78 bits per heavy atom. The van der Waals surface area contributed by atoms with E-state index in [4.69, 9.17) is 0 Å². The average Bonchev–Trinajstić information content (AvgIpc) is 3.05. The number of rotatable bonds is 4. The molecule has 2 N–H and O–H groups in total. The second-order valence-electron chi connectivity index (χ2n) is 5.68. The van der Waals surface area contributed by atoms with Gasteiger partial charge in [0, 0.05) is 12.3 Å². The number of carbonyl (C=O) groups is 1. The quantitative estimate of drug-likeness (QED) is 0.337. The Balaban J connectivity index is 1.67. The van der Waals surface area contributed by atoms with Crippen molar-refractivity contribution in [1.29, 1.82) is 0 Å². The molecule has 0 aliphatic heterocycles. The first-order valence-corrected chi connectivity index (χ1v) is 6.73. The third-order valence-corrected chi connectivity index (χ3v) is 4.67. The molecule has 0 aromatic carbocycles. The van der Waals surface area contributed by atoms with E-state index in [1.165, 1.54) is 5.57 Å². The van der Waals surface area contributed by atoms with Crippen LogP contribution in [0.5, 0.6) is 0 Å². The molecule has 0 aromatic heterocycles. The number of allylic oxidation sites excluding steroid dienone is 2. The predicted molar refractivity (Wildman–Crippen MR) is 66.4 cm³/mol. The number of carbonyl (C=O) groups excluding carboxylic acids is 1. The van der Waals surface area contributed by atoms with Crippen LogP contribution in [-0.4, -0.2) is 28.2 Å². The molecule has 3 aliphatic rings. The maximum atomic E-state index is 10.3.